The molecule has 23 heavy (non-hydrogen) atoms. The van der Waals surface area contributed by atoms with Crippen molar-refractivity contribution in [1.82, 2.24) is 5.32 Å². The van der Waals surface area contributed by atoms with Gasteiger partial charge in [-0.3, -0.25) is 4.79 Å². The summed E-state index contributed by atoms with van der Waals surface area (Å²) < 4.78 is 15.3. The summed E-state index contributed by atoms with van der Waals surface area (Å²) in [6.45, 7) is 1.20. The van der Waals surface area contributed by atoms with Gasteiger partial charge in [0.2, 0.25) is 5.76 Å². The molecule has 1 aromatic heterocycles. The van der Waals surface area contributed by atoms with Crippen molar-refractivity contribution in [1.29, 1.82) is 0 Å². The van der Waals surface area contributed by atoms with Gasteiger partial charge in [-0.25, -0.2) is 4.79 Å². The first-order valence-electron chi connectivity index (χ1n) is 6.92. The highest BCUT2D eigenvalue weighted by molar-refractivity contribution is 5.93. The molecule has 122 valence electrons. The fourth-order valence-corrected chi connectivity index (χ4v) is 1.83. The molecule has 0 bridgehead atoms. The van der Waals surface area contributed by atoms with Crippen LogP contribution in [-0.4, -0.2) is 37.3 Å². The summed E-state index contributed by atoms with van der Waals surface area (Å²) >= 11 is 0. The van der Waals surface area contributed by atoms with Crippen LogP contribution in [0.5, 0.6) is 5.75 Å². The van der Waals surface area contributed by atoms with Crippen molar-refractivity contribution in [3.8, 4) is 5.75 Å². The van der Waals surface area contributed by atoms with Crippen LogP contribution in [0.2, 0.25) is 0 Å². The second-order valence-electron chi connectivity index (χ2n) is 4.64. The number of furan rings is 1. The first-order chi connectivity index (χ1) is 11.1. The average Bonchev–Trinajstić information content (AvgIpc) is 3.04. The average molecular weight is 319 g/mol. The summed E-state index contributed by atoms with van der Waals surface area (Å²) in [4.78, 5) is 22.6. The topological polar surface area (TPSA) is 98.0 Å². The maximum Gasteiger partial charge on any atom is 0.371 e. The first-order valence-corrected chi connectivity index (χ1v) is 6.92. The zero-order valence-electron chi connectivity index (χ0n) is 12.6. The van der Waals surface area contributed by atoms with Gasteiger partial charge in [0, 0.05) is 13.7 Å². The fraction of sp³-hybridized carbons (Fsp3) is 0.250. The second kappa shape index (κ2) is 8.00. The van der Waals surface area contributed by atoms with E-state index >= 15 is 0 Å². The van der Waals surface area contributed by atoms with Gasteiger partial charge in [-0.15, -0.1) is 0 Å². The fourth-order valence-electron chi connectivity index (χ4n) is 1.83. The molecule has 0 aliphatic carbocycles. The minimum absolute atomic E-state index is 0.0464. The Morgan fingerprint density at radius 3 is 2.65 bits per heavy atom. The number of carboxylic acids is 1. The lowest BCUT2D eigenvalue weighted by Crippen LogP contribution is -2.22. The Bertz CT molecular complexity index is 679. The number of carboxylic acid groups (broad SMARTS) is 1. The van der Waals surface area contributed by atoms with E-state index in [9.17, 15) is 9.59 Å². The van der Waals surface area contributed by atoms with Gasteiger partial charge >= 0.3 is 5.97 Å². The van der Waals surface area contributed by atoms with Gasteiger partial charge in [0.15, 0.2) is 5.76 Å². The van der Waals surface area contributed by atoms with Crippen molar-refractivity contribution in [2.75, 3.05) is 20.3 Å². The van der Waals surface area contributed by atoms with Gasteiger partial charge in [0.25, 0.3) is 5.91 Å². The molecule has 0 unspecified atom stereocenters. The van der Waals surface area contributed by atoms with Gasteiger partial charge in [-0.2, -0.15) is 0 Å². The van der Waals surface area contributed by atoms with Gasteiger partial charge in [0.05, 0.1) is 6.61 Å². The Morgan fingerprint density at radius 2 is 1.96 bits per heavy atom. The van der Waals surface area contributed by atoms with Crippen molar-refractivity contribution in [3.63, 3.8) is 0 Å². The Hall–Kier alpha value is -2.80. The van der Waals surface area contributed by atoms with Gasteiger partial charge < -0.3 is 24.3 Å². The Morgan fingerprint density at radius 1 is 1.17 bits per heavy atom. The smallest absolute Gasteiger partial charge is 0.371 e. The highest BCUT2D eigenvalue weighted by atomic mass is 16.5. The minimum Gasteiger partial charge on any atom is -0.491 e. The number of ether oxygens (including phenoxy) is 2. The monoisotopic (exact) mass is 319 g/mol. The van der Waals surface area contributed by atoms with Crippen LogP contribution in [0.1, 0.15) is 26.7 Å². The largest absolute Gasteiger partial charge is 0.491 e. The Kier molecular flexibility index (Phi) is 5.76. The van der Waals surface area contributed by atoms with Crippen LogP contribution in [0.3, 0.4) is 0 Å². The van der Waals surface area contributed by atoms with Crippen LogP contribution >= 0.6 is 0 Å². The number of hydrogen-bond acceptors (Lipinski definition) is 5. The zero-order chi connectivity index (χ0) is 16.7. The molecule has 0 spiro atoms. The normalized spacial score (nSPS) is 10.3. The summed E-state index contributed by atoms with van der Waals surface area (Å²) in [7, 11) is 1.60. The summed E-state index contributed by atoms with van der Waals surface area (Å²) in [5.74, 6) is -1.34. The number of nitrogens with one attached hydrogen (secondary N) is 1. The molecule has 2 rings (SSSR count). The van der Waals surface area contributed by atoms with E-state index in [-0.39, 0.29) is 18.1 Å². The standard InChI is InChI=1S/C16H17NO6/c1-21-7-8-22-12-4-2-3-11(9-12)10-17-15(18)13-5-6-14(23-13)16(19)20/h2-6,9H,7-8,10H2,1H3,(H,17,18)(H,19,20). The number of aromatic carboxylic acids is 1. The first kappa shape index (κ1) is 16.6. The molecule has 0 atom stereocenters. The molecule has 2 aromatic rings. The van der Waals surface area contributed by atoms with E-state index in [1.54, 1.807) is 13.2 Å². The molecule has 0 radical (unpaired) electrons. The Labute approximate surface area is 132 Å². The molecule has 2 N–H and O–H groups in total. The summed E-state index contributed by atoms with van der Waals surface area (Å²) in [6, 6.07) is 9.84. The number of hydrogen-bond donors (Lipinski definition) is 2. The number of methoxy groups -OCH3 is 1. The summed E-state index contributed by atoms with van der Waals surface area (Å²) in [6.07, 6.45) is 0. The third-order valence-corrected chi connectivity index (χ3v) is 2.95. The zero-order valence-corrected chi connectivity index (χ0v) is 12.6. The molecule has 1 heterocycles. The SMILES string of the molecule is COCCOc1cccc(CNC(=O)c2ccc(C(=O)O)o2)c1. The van der Waals surface area contributed by atoms with E-state index in [4.69, 9.17) is 19.0 Å². The molecule has 0 aliphatic rings. The van der Waals surface area contributed by atoms with E-state index in [2.05, 4.69) is 5.32 Å². The van der Waals surface area contributed by atoms with E-state index < -0.39 is 11.9 Å². The van der Waals surface area contributed by atoms with Crippen LogP contribution in [0.25, 0.3) is 0 Å². The van der Waals surface area contributed by atoms with Gasteiger partial charge in [-0.05, 0) is 29.8 Å². The van der Waals surface area contributed by atoms with E-state index in [0.29, 0.717) is 19.0 Å². The molecule has 0 aliphatic heterocycles. The number of amides is 1. The molecule has 7 nitrogen and oxygen atoms in total. The number of carbonyl (C=O) groups is 2. The van der Waals surface area contributed by atoms with Crippen LogP contribution in [0.15, 0.2) is 40.8 Å². The third kappa shape index (κ3) is 4.86. The second-order valence-corrected chi connectivity index (χ2v) is 4.64. The van der Waals surface area contributed by atoms with Crippen molar-refractivity contribution < 1.29 is 28.6 Å². The minimum atomic E-state index is -1.22. The number of carbonyl (C=O) groups excluding carboxylic acids is 1. The number of rotatable bonds is 8. The maximum atomic E-state index is 11.9. The molecule has 0 saturated carbocycles. The molecular formula is C16H17NO6. The summed E-state index contributed by atoms with van der Waals surface area (Å²) in [5.41, 5.74) is 0.846. The van der Waals surface area contributed by atoms with Gasteiger partial charge in [-0.1, -0.05) is 12.1 Å². The quantitative estimate of drug-likeness (QED) is 0.722. The Balaban J connectivity index is 1.90. The van der Waals surface area contributed by atoms with E-state index in [0.717, 1.165) is 5.56 Å². The maximum absolute atomic E-state index is 11.9. The van der Waals surface area contributed by atoms with Crippen molar-refractivity contribution in [3.05, 3.63) is 53.5 Å². The highest BCUT2D eigenvalue weighted by Crippen LogP contribution is 2.14. The third-order valence-electron chi connectivity index (χ3n) is 2.95. The highest BCUT2D eigenvalue weighted by Gasteiger charge is 2.14. The van der Waals surface area contributed by atoms with Crippen LogP contribution < -0.4 is 10.1 Å². The van der Waals surface area contributed by atoms with Crippen molar-refractivity contribution in [2.45, 2.75) is 6.54 Å². The molecule has 0 fully saturated rings. The molecule has 1 amide bonds. The van der Waals surface area contributed by atoms with Crippen LogP contribution in [0.4, 0.5) is 0 Å². The predicted molar refractivity (Wildman–Crippen MR) is 80.7 cm³/mol. The molecule has 7 heteroatoms. The van der Waals surface area contributed by atoms with E-state index in [1.165, 1.54) is 12.1 Å². The van der Waals surface area contributed by atoms with Crippen LogP contribution in [-0.2, 0) is 11.3 Å². The van der Waals surface area contributed by atoms with Crippen LogP contribution in [0, 0.1) is 0 Å². The number of benzene rings is 1. The van der Waals surface area contributed by atoms with E-state index in [1.807, 2.05) is 18.2 Å². The lowest BCUT2D eigenvalue weighted by atomic mass is 10.2. The van der Waals surface area contributed by atoms with Crippen molar-refractivity contribution in [2.24, 2.45) is 0 Å². The van der Waals surface area contributed by atoms with Gasteiger partial charge in [0.1, 0.15) is 12.4 Å². The van der Waals surface area contributed by atoms with Crippen molar-refractivity contribution >= 4 is 11.9 Å². The molecular weight excluding hydrogens is 302 g/mol. The molecule has 1 aromatic carbocycles. The molecule has 0 saturated heterocycles. The summed E-state index contributed by atoms with van der Waals surface area (Å²) in [5, 5.41) is 11.4. The lowest BCUT2D eigenvalue weighted by molar-refractivity contribution is 0.0659. The lowest BCUT2D eigenvalue weighted by Gasteiger charge is -2.08. The predicted octanol–water partition coefficient (Wildman–Crippen LogP) is 1.93.